The van der Waals surface area contributed by atoms with Crippen molar-refractivity contribution in [3.05, 3.63) is 77.1 Å². The van der Waals surface area contributed by atoms with Crippen LogP contribution in [0.5, 0.6) is 28.9 Å². The number of methoxy groups -OCH3 is 1. The molecule has 24 nitrogen and oxygen atoms in total. The van der Waals surface area contributed by atoms with Crippen molar-refractivity contribution in [2.75, 3.05) is 7.11 Å². The molecule has 0 saturated heterocycles. The molecular weight excluding hydrogens is 924 g/mol. The van der Waals surface area contributed by atoms with E-state index in [-0.39, 0.29) is 57.7 Å². The van der Waals surface area contributed by atoms with Gasteiger partial charge in [0, 0.05) is 42.3 Å². The third-order valence-electron chi connectivity index (χ3n) is 8.42. The minimum absolute atomic E-state index is 0. The summed E-state index contributed by atoms with van der Waals surface area (Å²) in [5.74, 6) is -4.77. The summed E-state index contributed by atoms with van der Waals surface area (Å²) in [7, 11) is -10.6. The predicted molar refractivity (Wildman–Crippen MR) is 205 cm³/mol. The summed E-state index contributed by atoms with van der Waals surface area (Å²) in [4.78, 5) is 21.7. The van der Waals surface area contributed by atoms with Crippen LogP contribution in [0.4, 0.5) is 34.1 Å². The van der Waals surface area contributed by atoms with Crippen LogP contribution in [0, 0.1) is 14.0 Å². The van der Waals surface area contributed by atoms with Crippen molar-refractivity contribution in [1.29, 1.82) is 0 Å². The van der Waals surface area contributed by atoms with Gasteiger partial charge in [-0.05, 0) is 66.8 Å². The third-order valence-corrected chi connectivity index (χ3v) is 11.0. The second-order valence-electron chi connectivity index (χ2n) is 12.2. The number of primary amides is 1. The number of ether oxygens (including phenoxy) is 1. The average Bonchev–Trinajstić information content (AvgIpc) is 3.13. The molecule has 61 heavy (non-hydrogen) atoms. The molecule has 0 saturated carbocycles. The number of amides is 1. The number of carbonyl (C=O) groups excluding carboxylic acids is 1. The number of aromatic nitrogens is 1. The molecule has 0 bridgehead atoms. The van der Waals surface area contributed by atoms with Gasteiger partial charge in [0.2, 0.25) is 5.88 Å². The number of benzene rings is 4. The molecule has 5 aromatic rings. The average molecular weight is 954 g/mol. The molecule has 0 aliphatic heterocycles. The molecule has 1 radical (unpaired) electrons. The van der Waals surface area contributed by atoms with Crippen molar-refractivity contribution in [3.8, 4) is 28.9 Å². The Bertz CT molecular complexity index is 3170. The summed E-state index contributed by atoms with van der Waals surface area (Å²) in [5, 5.41) is 61.3. The second kappa shape index (κ2) is 17.2. The van der Waals surface area contributed by atoms with E-state index >= 15 is 0 Å². The largest absolute Gasteiger partial charge is 0.520 e. The van der Waals surface area contributed by atoms with E-state index in [9.17, 15) is 68.9 Å². The number of hydrogen-bond donors (Lipinski definition) is 8. The summed E-state index contributed by atoms with van der Waals surface area (Å²) in [6, 6.07) is 6.83. The standard InChI is InChI=1S/C33H30N8O16S3.Cu/c1-5-41-32(46)26(31(34)45)14(2)28(33(41)47)38-35-16-6-7-18(24(10-16)59(51,52)53)36-37-19-12-21(42)20(13-23(19)57-4)40(3)39-29-25(60(54,55)56)9-15-8-17(58(48,49)50)11-22(43)27(15)30(29)44;/h6-13,42-44,47H,3,5H2,1-2,4H3,(H2,34,45)(H,48,49,50)(H,51,52,53)(H,54,55,56);. The molecule has 4 aromatic carbocycles. The van der Waals surface area contributed by atoms with Crippen molar-refractivity contribution in [2.24, 2.45) is 31.3 Å². The zero-order chi connectivity index (χ0) is 44.8. The van der Waals surface area contributed by atoms with Gasteiger partial charge in [-0.2, -0.15) is 30.4 Å². The van der Waals surface area contributed by atoms with Gasteiger partial charge in [0.25, 0.3) is 41.8 Å². The molecule has 9 N–H and O–H groups in total. The first-order chi connectivity index (χ1) is 27.8. The number of nitrogens with zero attached hydrogens (tertiary/aromatic N) is 7. The van der Waals surface area contributed by atoms with E-state index in [1.54, 1.807) is 0 Å². The molecule has 0 unspecified atom stereocenters. The Labute approximate surface area is 354 Å². The number of pyridine rings is 1. The molecule has 1 amide bonds. The third kappa shape index (κ3) is 9.45. The fourth-order valence-electron chi connectivity index (χ4n) is 5.63. The SMILES string of the molecule is [CH2-][N+](=Nc1c(S(=O)(=O)O)cc2cc(S(=O)(=O)O)cc(O)c2c1O)c1cc(OC)c(N=Nc2ccc(N=Nc3c(C)c(C(N)=O)c(=O)n(CC)c3O)cc2S(=O)(=O)O)cc1O.[Cu]. The van der Waals surface area contributed by atoms with Crippen molar-refractivity contribution in [3.63, 3.8) is 0 Å². The van der Waals surface area contributed by atoms with Gasteiger partial charge in [0.1, 0.15) is 55.4 Å². The van der Waals surface area contributed by atoms with Crippen LogP contribution in [0.3, 0.4) is 0 Å². The maximum absolute atomic E-state index is 12.6. The number of phenolic OH excluding ortho intramolecular Hbond substituents is 3. The first-order valence-electron chi connectivity index (χ1n) is 16.2. The minimum Gasteiger partial charge on any atom is -0.520 e. The van der Waals surface area contributed by atoms with E-state index in [2.05, 4.69) is 32.6 Å². The molecule has 28 heteroatoms. The molecule has 0 aliphatic carbocycles. The smallest absolute Gasteiger partial charge is 0.297 e. The summed E-state index contributed by atoms with van der Waals surface area (Å²) >= 11 is 0. The van der Waals surface area contributed by atoms with E-state index in [0.29, 0.717) is 22.9 Å². The van der Waals surface area contributed by atoms with E-state index < -0.39 is 107 Å². The van der Waals surface area contributed by atoms with Gasteiger partial charge in [0.05, 0.1) is 23.1 Å². The van der Waals surface area contributed by atoms with Crippen LogP contribution in [0.1, 0.15) is 22.8 Å². The van der Waals surface area contributed by atoms with Crippen LogP contribution in [-0.2, 0) is 54.0 Å². The zero-order valence-corrected chi connectivity index (χ0v) is 34.5. The van der Waals surface area contributed by atoms with Crippen LogP contribution in [0.2, 0.25) is 0 Å². The molecule has 1 heterocycles. The first-order valence-corrected chi connectivity index (χ1v) is 20.5. The molecular formula is C33H30CuN8O16S3. The Morgan fingerprint density at radius 1 is 0.820 bits per heavy atom. The molecule has 5 rings (SSSR count). The summed E-state index contributed by atoms with van der Waals surface area (Å²) in [5.41, 5.74) is 1.20. The van der Waals surface area contributed by atoms with Gasteiger partial charge in [-0.15, -0.1) is 15.3 Å². The molecule has 0 spiro atoms. The number of azo groups is 4. The number of rotatable bonds is 12. The second-order valence-corrected chi connectivity index (χ2v) is 16.4. The van der Waals surface area contributed by atoms with Crippen LogP contribution in [0.25, 0.3) is 10.8 Å². The number of nitrogens with two attached hydrogens (primary N) is 1. The van der Waals surface area contributed by atoms with Gasteiger partial charge in [-0.25, -0.2) is 4.70 Å². The van der Waals surface area contributed by atoms with Crippen molar-refractivity contribution >= 4 is 81.2 Å². The topological polar surface area (TPSA) is 383 Å². The Kier molecular flexibility index (Phi) is 13.3. The van der Waals surface area contributed by atoms with Crippen molar-refractivity contribution in [2.45, 2.75) is 35.1 Å². The van der Waals surface area contributed by atoms with Crippen LogP contribution >= 0.6 is 0 Å². The van der Waals surface area contributed by atoms with E-state index in [1.807, 2.05) is 0 Å². The Balaban J connectivity index is 0.00000819. The van der Waals surface area contributed by atoms with Gasteiger partial charge in [-0.1, -0.05) is 0 Å². The first kappa shape index (κ1) is 47.2. The number of phenols is 3. The Morgan fingerprint density at radius 3 is 2.00 bits per heavy atom. The normalized spacial score (nSPS) is 12.6. The van der Waals surface area contributed by atoms with E-state index in [0.717, 1.165) is 35.9 Å². The van der Waals surface area contributed by atoms with Gasteiger partial charge < -0.3 is 30.9 Å². The summed E-state index contributed by atoms with van der Waals surface area (Å²) < 4.78 is 109. The number of carbonyl (C=O) groups is 1. The Morgan fingerprint density at radius 2 is 1.44 bits per heavy atom. The molecule has 0 atom stereocenters. The summed E-state index contributed by atoms with van der Waals surface area (Å²) in [6.45, 7) is 2.69. The van der Waals surface area contributed by atoms with E-state index in [4.69, 9.17) is 10.5 Å². The predicted octanol–water partition coefficient (Wildman–Crippen LogP) is 5.05. The molecule has 0 aliphatic rings. The monoisotopic (exact) mass is 953 g/mol. The number of aromatic hydroxyl groups is 4. The van der Waals surface area contributed by atoms with Crippen LogP contribution in [0.15, 0.2) is 93.6 Å². The molecule has 0 fully saturated rings. The summed E-state index contributed by atoms with van der Waals surface area (Å²) in [6.07, 6.45) is 0. The van der Waals surface area contributed by atoms with Crippen LogP contribution < -0.4 is 16.0 Å². The fourth-order valence-corrected chi connectivity index (χ4v) is 7.47. The fraction of sp³-hybridized carbons (Fsp3) is 0.121. The maximum atomic E-state index is 12.6. The Hall–Kier alpha value is -6.52. The van der Waals surface area contributed by atoms with Crippen molar-refractivity contribution in [1.82, 2.24) is 4.57 Å². The quantitative estimate of drug-likeness (QED) is 0.0267. The van der Waals surface area contributed by atoms with Crippen LogP contribution in [-0.4, -0.2) is 81.6 Å². The van der Waals surface area contributed by atoms with Crippen molar-refractivity contribution < 1.29 is 90.6 Å². The van der Waals surface area contributed by atoms with Gasteiger partial charge in [0.15, 0.2) is 11.4 Å². The van der Waals surface area contributed by atoms with Gasteiger partial charge >= 0.3 is 0 Å². The maximum Gasteiger partial charge on any atom is 0.297 e. The number of fused-ring (bicyclic) bond motifs is 1. The minimum atomic E-state index is -5.27. The van der Waals surface area contributed by atoms with E-state index in [1.165, 1.54) is 19.9 Å². The van der Waals surface area contributed by atoms with Gasteiger partial charge in [-0.3, -0.25) is 27.8 Å². The zero-order valence-electron chi connectivity index (χ0n) is 31.1. The molecule has 327 valence electrons. The number of hydrogen-bond acceptors (Lipinski definition) is 18. The molecule has 1 aromatic heterocycles.